The maximum Gasteiger partial charge on any atom is 0.290 e. The lowest BCUT2D eigenvalue weighted by molar-refractivity contribution is -0.143. The van der Waals surface area contributed by atoms with Crippen molar-refractivity contribution in [2.45, 2.75) is 31.9 Å². The zero-order chi connectivity index (χ0) is 22.8. The number of likely N-dealkylation sites (tertiary alicyclic amines) is 1. The SMILES string of the molecule is COc1cccc(CC2(C(=O)NCC3CCCO3)CN(Cc3cccnc3)C2)c1.O=CO. The van der Waals surface area contributed by atoms with E-state index in [-0.39, 0.29) is 18.5 Å². The summed E-state index contributed by atoms with van der Waals surface area (Å²) in [6, 6.07) is 12.0. The Hall–Kier alpha value is -2.97. The summed E-state index contributed by atoms with van der Waals surface area (Å²) >= 11 is 0. The molecular formula is C24H31N3O5. The molecule has 1 atom stereocenters. The van der Waals surface area contributed by atoms with Crippen molar-refractivity contribution in [3.63, 3.8) is 0 Å². The summed E-state index contributed by atoms with van der Waals surface area (Å²) in [7, 11) is 1.67. The number of carbonyl (C=O) groups excluding carboxylic acids is 1. The van der Waals surface area contributed by atoms with Gasteiger partial charge in [0.05, 0.1) is 18.6 Å². The standard InChI is InChI=1S/C23H29N3O3.CH2O2/c1-28-20-7-2-5-18(11-20)12-23(22(27)25-14-21-8-4-10-29-21)16-26(17-23)15-19-6-3-9-24-13-19;2-1-3/h2-3,5-7,9,11,13,21H,4,8,10,12,14-17H2,1H3,(H,25,27);1H,(H,2,3). The molecule has 2 fully saturated rings. The van der Waals surface area contributed by atoms with Crippen LogP contribution in [0.1, 0.15) is 24.0 Å². The van der Waals surface area contributed by atoms with E-state index in [1.54, 1.807) is 13.3 Å². The molecule has 4 rings (SSSR count). The lowest BCUT2D eigenvalue weighted by atomic mass is 9.73. The number of hydrogen-bond acceptors (Lipinski definition) is 6. The van der Waals surface area contributed by atoms with Gasteiger partial charge in [-0.15, -0.1) is 0 Å². The van der Waals surface area contributed by atoms with E-state index >= 15 is 0 Å². The van der Waals surface area contributed by atoms with E-state index < -0.39 is 5.41 Å². The highest BCUT2D eigenvalue weighted by Crippen LogP contribution is 2.36. The van der Waals surface area contributed by atoms with E-state index in [0.29, 0.717) is 13.0 Å². The molecule has 0 bridgehead atoms. The van der Waals surface area contributed by atoms with Gasteiger partial charge in [0.1, 0.15) is 5.75 Å². The van der Waals surface area contributed by atoms with Crippen LogP contribution in [0.25, 0.3) is 0 Å². The normalized spacial score (nSPS) is 19.2. The van der Waals surface area contributed by atoms with Crippen LogP contribution in [0.15, 0.2) is 48.8 Å². The van der Waals surface area contributed by atoms with Gasteiger partial charge in [-0.05, 0) is 48.6 Å². The van der Waals surface area contributed by atoms with Crippen molar-refractivity contribution >= 4 is 12.4 Å². The molecule has 32 heavy (non-hydrogen) atoms. The van der Waals surface area contributed by atoms with Crippen molar-refractivity contribution in [3.05, 3.63) is 59.9 Å². The Morgan fingerprint density at radius 1 is 1.34 bits per heavy atom. The van der Waals surface area contributed by atoms with Gasteiger partial charge in [-0.2, -0.15) is 0 Å². The topological polar surface area (TPSA) is 101 Å². The first-order chi connectivity index (χ1) is 15.6. The van der Waals surface area contributed by atoms with E-state index in [2.05, 4.69) is 27.3 Å². The number of pyridine rings is 1. The fraction of sp³-hybridized carbons (Fsp3) is 0.458. The fourth-order valence-corrected chi connectivity index (χ4v) is 4.38. The summed E-state index contributed by atoms with van der Waals surface area (Å²) in [5.41, 5.74) is 1.87. The van der Waals surface area contributed by atoms with E-state index in [9.17, 15) is 4.79 Å². The van der Waals surface area contributed by atoms with Gasteiger partial charge >= 0.3 is 0 Å². The van der Waals surface area contributed by atoms with Gasteiger partial charge in [0, 0.05) is 45.2 Å². The zero-order valence-electron chi connectivity index (χ0n) is 18.4. The predicted octanol–water partition coefficient (Wildman–Crippen LogP) is 2.13. The average Bonchev–Trinajstić information content (AvgIpc) is 3.31. The smallest absolute Gasteiger partial charge is 0.290 e. The molecule has 0 aliphatic carbocycles. The first kappa shape index (κ1) is 23.7. The quantitative estimate of drug-likeness (QED) is 0.605. The van der Waals surface area contributed by atoms with E-state index in [0.717, 1.165) is 50.4 Å². The number of hydrogen-bond donors (Lipinski definition) is 2. The number of amides is 1. The molecule has 2 saturated heterocycles. The summed E-state index contributed by atoms with van der Waals surface area (Å²) < 4.78 is 11.0. The summed E-state index contributed by atoms with van der Waals surface area (Å²) in [6.45, 7) is 3.43. The maximum absolute atomic E-state index is 13.2. The first-order valence-corrected chi connectivity index (χ1v) is 10.8. The molecular weight excluding hydrogens is 410 g/mol. The van der Waals surface area contributed by atoms with Crippen LogP contribution in [0.4, 0.5) is 0 Å². The zero-order valence-corrected chi connectivity index (χ0v) is 18.4. The summed E-state index contributed by atoms with van der Waals surface area (Å²) in [4.78, 5) is 28.1. The minimum Gasteiger partial charge on any atom is -0.497 e. The Kier molecular flexibility index (Phi) is 8.58. The Morgan fingerprint density at radius 3 is 2.78 bits per heavy atom. The summed E-state index contributed by atoms with van der Waals surface area (Å²) in [5.74, 6) is 0.946. The number of rotatable bonds is 8. The first-order valence-electron chi connectivity index (χ1n) is 10.8. The number of carbonyl (C=O) groups is 2. The minimum absolute atomic E-state index is 0.123. The third-order valence-electron chi connectivity index (χ3n) is 5.85. The lowest BCUT2D eigenvalue weighted by Crippen LogP contribution is -2.64. The van der Waals surface area contributed by atoms with Gasteiger partial charge in [-0.3, -0.25) is 19.5 Å². The molecule has 2 N–H and O–H groups in total. The second kappa shape index (κ2) is 11.6. The van der Waals surface area contributed by atoms with Crippen molar-refractivity contribution < 1.29 is 24.2 Å². The van der Waals surface area contributed by atoms with Crippen LogP contribution in [0, 0.1) is 5.41 Å². The number of aromatic nitrogens is 1. The van der Waals surface area contributed by atoms with Crippen molar-refractivity contribution in [2.75, 3.05) is 33.4 Å². The Bertz CT molecular complexity index is 865. The Morgan fingerprint density at radius 2 is 2.12 bits per heavy atom. The molecule has 1 amide bonds. The van der Waals surface area contributed by atoms with Crippen LogP contribution in [-0.4, -0.2) is 66.8 Å². The number of carboxylic acid groups (broad SMARTS) is 1. The molecule has 2 aromatic rings. The van der Waals surface area contributed by atoms with Gasteiger partial charge in [0.2, 0.25) is 5.91 Å². The second-order valence-corrected chi connectivity index (χ2v) is 8.27. The highest BCUT2D eigenvalue weighted by molar-refractivity contribution is 5.84. The monoisotopic (exact) mass is 441 g/mol. The van der Waals surface area contributed by atoms with Crippen molar-refractivity contribution in [3.8, 4) is 5.75 Å². The molecule has 2 aliphatic rings. The number of benzene rings is 1. The molecule has 0 radical (unpaired) electrons. The number of methoxy groups -OCH3 is 1. The molecule has 2 aliphatic heterocycles. The number of ether oxygens (including phenoxy) is 2. The highest BCUT2D eigenvalue weighted by atomic mass is 16.5. The van der Waals surface area contributed by atoms with Gasteiger partial charge in [-0.1, -0.05) is 18.2 Å². The van der Waals surface area contributed by atoms with Crippen LogP contribution in [0.3, 0.4) is 0 Å². The largest absolute Gasteiger partial charge is 0.497 e. The molecule has 1 aromatic carbocycles. The molecule has 0 saturated carbocycles. The van der Waals surface area contributed by atoms with E-state index in [1.807, 2.05) is 30.5 Å². The Balaban J connectivity index is 0.000000913. The van der Waals surface area contributed by atoms with Crippen LogP contribution in [-0.2, 0) is 27.3 Å². The van der Waals surface area contributed by atoms with Crippen molar-refractivity contribution in [1.82, 2.24) is 15.2 Å². The molecule has 0 spiro atoms. The van der Waals surface area contributed by atoms with Gasteiger partial charge in [-0.25, -0.2) is 0 Å². The van der Waals surface area contributed by atoms with Crippen LogP contribution in [0.5, 0.6) is 5.75 Å². The highest BCUT2D eigenvalue weighted by Gasteiger charge is 2.49. The fourth-order valence-electron chi connectivity index (χ4n) is 4.38. The van der Waals surface area contributed by atoms with Crippen molar-refractivity contribution in [1.29, 1.82) is 0 Å². The third-order valence-corrected chi connectivity index (χ3v) is 5.85. The number of nitrogens with one attached hydrogen (secondary N) is 1. The third kappa shape index (κ3) is 6.27. The van der Waals surface area contributed by atoms with E-state index in [4.69, 9.17) is 19.4 Å². The van der Waals surface area contributed by atoms with Crippen molar-refractivity contribution in [2.24, 2.45) is 5.41 Å². The predicted molar refractivity (Wildman–Crippen MR) is 119 cm³/mol. The molecule has 1 unspecified atom stereocenters. The molecule has 3 heterocycles. The minimum atomic E-state index is -0.423. The van der Waals surface area contributed by atoms with Crippen LogP contribution in [0.2, 0.25) is 0 Å². The average molecular weight is 442 g/mol. The molecule has 172 valence electrons. The van der Waals surface area contributed by atoms with Crippen LogP contribution < -0.4 is 10.1 Å². The second-order valence-electron chi connectivity index (χ2n) is 8.27. The van der Waals surface area contributed by atoms with Gasteiger partial charge < -0.3 is 19.9 Å². The van der Waals surface area contributed by atoms with E-state index in [1.165, 1.54) is 5.56 Å². The lowest BCUT2D eigenvalue weighted by Gasteiger charge is -2.49. The number of nitrogens with zero attached hydrogens (tertiary/aromatic N) is 2. The van der Waals surface area contributed by atoms with Gasteiger partial charge in [0.15, 0.2) is 0 Å². The maximum atomic E-state index is 13.2. The Labute approximate surface area is 188 Å². The summed E-state index contributed by atoms with van der Waals surface area (Å²) in [5, 5.41) is 10.1. The molecule has 1 aromatic heterocycles. The molecule has 8 nitrogen and oxygen atoms in total. The summed E-state index contributed by atoms with van der Waals surface area (Å²) in [6.07, 6.45) is 6.62. The van der Waals surface area contributed by atoms with Crippen LogP contribution >= 0.6 is 0 Å². The molecule has 8 heteroatoms. The van der Waals surface area contributed by atoms with Gasteiger partial charge in [0.25, 0.3) is 6.47 Å².